The summed E-state index contributed by atoms with van der Waals surface area (Å²) in [7, 11) is 0. The topological polar surface area (TPSA) is 45.5 Å². The van der Waals surface area contributed by atoms with Gasteiger partial charge in [0.05, 0.1) is 12.3 Å². The molecule has 1 saturated heterocycles. The summed E-state index contributed by atoms with van der Waals surface area (Å²) in [5.74, 6) is 1.05. The van der Waals surface area contributed by atoms with E-state index in [-0.39, 0.29) is 11.9 Å². The Hall–Kier alpha value is -1.29. The molecular weight excluding hydrogens is 228 g/mol. The highest BCUT2D eigenvalue weighted by atomic mass is 16.3. The van der Waals surface area contributed by atoms with E-state index in [1.165, 1.54) is 19.3 Å². The Morgan fingerprint density at radius 2 is 2.22 bits per heavy atom. The molecule has 1 atom stereocenters. The summed E-state index contributed by atoms with van der Waals surface area (Å²) in [5, 5.41) is 2.98. The molecule has 0 bridgehead atoms. The number of likely N-dealkylation sites (tertiary alicyclic amines) is 1. The van der Waals surface area contributed by atoms with Crippen LogP contribution < -0.4 is 5.32 Å². The molecular formula is C14H22N2O2. The standard InChI is InChI=1S/C14H22N2O2/c1-2-14(17)15-11-12(13-7-6-10-18-13)16-8-4-3-5-9-16/h6-7,10,12H,2-5,8-9,11H2,1H3,(H,15,17). The summed E-state index contributed by atoms with van der Waals surface area (Å²) < 4.78 is 5.52. The second-order valence-electron chi connectivity index (χ2n) is 4.79. The van der Waals surface area contributed by atoms with Crippen molar-refractivity contribution in [1.82, 2.24) is 10.2 Å². The van der Waals surface area contributed by atoms with Gasteiger partial charge < -0.3 is 9.73 Å². The van der Waals surface area contributed by atoms with E-state index in [2.05, 4.69) is 10.2 Å². The predicted molar refractivity (Wildman–Crippen MR) is 70.2 cm³/mol. The zero-order valence-electron chi connectivity index (χ0n) is 11.0. The van der Waals surface area contributed by atoms with Gasteiger partial charge >= 0.3 is 0 Å². The fourth-order valence-corrected chi connectivity index (χ4v) is 2.46. The molecule has 0 spiro atoms. The van der Waals surface area contributed by atoms with E-state index in [1.54, 1.807) is 6.26 Å². The molecule has 1 unspecified atom stereocenters. The lowest BCUT2D eigenvalue weighted by atomic mass is 10.1. The molecule has 1 aromatic rings. The molecule has 0 aliphatic carbocycles. The molecule has 1 amide bonds. The van der Waals surface area contributed by atoms with Gasteiger partial charge in [-0.05, 0) is 38.1 Å². The largest absolute Gasteiger partial charge is 0.468 e. The van der Waals surface area contributed by atoms with E-state index in [1.807, 2.05) is 19.1 Å². The van der Waals surface area contributed by atoms with Crippen LogP contribution in [-0.2, 0) is 4.79 Å². The summed E-state index contributed by atoms with van der Waals surface area (Å²) in [6.07, 6.45) is 6.01. The lowest BCUT2D eigenvalue weighted by Crippen LogP contribution is -2.40. The Balaban J connectivity index is 2.00. The fourth-order valence-electron chi connectivity index (χ4n) is 2.46. The average Bonchev–Trinajstić information content (AvgIpc) is 2.94. The summed E-state index contributed by atoms with van der Waals surface area (Å²) in [6.45, 7) is 4.69. The monoisotopic (exact) mass is 250 g/mol. The van der Waals surface area contributed by atoms with Crippen LogP contribution in [0.15, 0.2) is 22.8 Å². The van der Waals surface area contributed by atoms with Gasteiger partial charge in [0.25, 0.3) is 0 Å². The minimum atomic E-state index is 0.101. The van der Waals surface area contributed by atoms with Crippen LogP contribution in [0.2, 0.25) is 0 Å². The molecule has 100 valence electrons. The smallest absolute Gasteiger partial charge is 0.219 e. The SMILES string of the molecule is CCC(=O)NCC(c1ccco1)N1CCCCC1. The average molecular weight is 250 g/mol. The first kappa shape index (κ1) is 13.1. The van der Waals surface area contributed by atoms with Crippen LogP contribution in [0.4, 0.5) is 0 Å². The number of nitrogens with zero attached hydrogens (tertiary/aromatic N) is 1. The Kier molecular flexibility index (Phi) is 4.81. The second-order valence-corrected chi connectivity index (χ2v) is 4.79. The van der Waals surface area contributed by atoms with Crippen LogP contribution in [0.3, 0.4) is 0 Å². The summed E-state index contributed by atoms with van der Waals surface area (Å²) in [6, 6.07) is 4.08. The van der Waals surface area contributed by atoms with Crippen molar-refractivity contribution in [3.8, 4) is 0 Å². The highest BCUT2D eigenvalue weighted by Gasteiger charge is 2.24. The molecule has 18 heavy (non-hydrogen) atoms. The van der Waals surface area contributed by atoms with Crippen LogP contribution in [0.1, 0.15) is 44.4 Å². The van der Waals surface area contributed by atoms with Gasteiger partial charge in [-0.25, -0.2) is 0 Å². The van der Waals surface area contributed by atoms with Crippen molar-refractivity contribution in [2.24, 2.45) is 0 Å². The minimum Gasteiger partial charge on any atom is -0.468 e. The first-order chi connectivity index (χ1) is 8.81. The third-order valence-corrected chi connectivity index (χ3v) is 3.52. The molecule has 4 nitrogen and oxygen atoms in total. The van der Waals surface area contributed by atoms with Gasteiger partial charge in [-0.3, -0.25) is 9.69 Å². The number of amides is 1. The first-order valence-corrected chi connectivity index (χ1v) is 6.85. The molecule has 0 saturated carbocycles. The molecule has 1 N–H and O–H groups in total. The Labute approximate surface area is 108 Å². The van der Waals surface area contributed by atoms with Crippen molar-refractivity contribution >= 4 is 5.91 Å². The number of furan rings is 1. The number of piperidine rings is 1. The molecule has 2 rings (SSSR count). The second kappa shape index (κ2) is 6.59. The molecule has 1 aromatic heterocycles. The Morgan fingerprint density at radius 1 is 1.44 bits per heavy atom. The van der Waals surface area contributed by atoms with Gasteiger partial charge in [0.2, 0.25) is 5.91 Å². The molecule has 1 aliphatic heterocycles. The van der Waals surface area contributed by atoms with Crippen molar-refractivity contribution in [2.75, 3.05) is 19.6 Å². The molecule has 0 radical (unpaired) electrons. The molecule has 2 heterocycles. The van der Waals surface area contributed by atoms with Crippen molar-refractivity contribution in [3.05, 3.63) is 24.2 Å². The van der Waals surface area contributed by atoms with Crippen LogP contribution >= 0.6 is 0 Å². The highest BCUT2D eigenvalue weighted by molar-refractivity contribution is 5.75. The normalized spacial score (nSPS) is 18.5. The van der Waals surface area contributed by atoms with E-state index >= 15 is 0 Å². The third-order valence-electron chi connectivity index (χ3n) is 3.52. The zero-order valence-corrected chi connectivity index (χ0v) is 11.0. The zero-order chi connectivity index (χ0) is 12.8. The molecule has 1 aliphatic rings. The van der Waals surface area contributed by atoms with Gasteiger partial charge in [0, 0.05) is 13.0 Å². The van der Waals surface area contributed by atoms with E-state index in [0.29, 0.717) is 13.0 Å². The first-order valence-electron chi connectivity index (χ1n) is 6.85. The maximum Gasteiger partial charge on any atom is 0.219 e. The Bertz CT molecular complexity index is 356. The van der Waals surface area contributed by atoms with Crippen LogP contribution in [-0.4, -0.2) is 30.4 Å². The van der Waals surface area contributed by atoms with E-state index in [4.69, 9.17) is 4.42 Å². The van der Waals surface area contributed by atoms with Crippen molar-refractivity contribution in [2.45, 2.75) is 38.6 Å². The summed E-state index contributed by atoms with van der Waals surface area (Å²) in [4.78, 5) is 13.8. The van der Waals surface area contributed by atoms with Gasteiger partial charge in [0.15, 0.2) is 0 Å². The van der Waals surface area contributed by atoms with Gasteiger partial charge in [-0.15, -0.1) is 0 Å². The van der Waals surface area contributed by atoms with E-state index in [0.717, 1.165) is 18.8 Å². The maximum absolute atomic E-state index is 11.4. The van der Waals surface area contributed by atoms with Gasteiger partial charge in [-0.2, -0.15) is 0 Å². The quantitative estimate of drug-likeness (QED) is 0.872. The number of hydrogen-bond donors (Lipinski definition) is 1. The lowest BCUT2D eigenvalue weighted by Gasteiger charge is -2.33. The van der Waals surface area contributed by atoms with E-state index in [9.17, 15) is 4.79 Å². The van der Waals surface area contributed by atoms with Crippen LogP contribution in [0.25, 0.3) is 0 Å². The van der Waals surface area contributed by atoms with Gasteiger partial charge in [-0.1, -0.05) is 13.3 Å². The number of hydrogen-bond acceptors (Lipinski definition) is 3. The number of nitrogens with one attached hydrogen (secondary N) is 1. The van der Waals surface area contributed by atoms with E-state index < -0.39 is 0 Å². The molecule has 4 heteroatoms. The number of carbonyl (C=O) groups excluding carboxylic acids is 1. The predicted octanol–water partition coefficient (Wildman–Crippen LogP) is 2.33. The number of carbonyl (C=O) groups is 1. The summed E-state index contributed by atoms with van der Waals surface area (Å²) in [5.41, 5.74) is 0. The number of rotatable bonds is 5. The fraction of sp³-hybridized carbons (Fsp3) is 0.643. The lowest BCUT2D eigenvalue weighted by molar-refractivity contribution is -0.121. The molecule has 0 aromatic carbocycles. The van der Waals surface area contributed by atoms with Crippen LogP contribution in [0.5, 0.6) is 0 Å². The summed E-state index contributed by atoms with van der Waals surface area (Å²) >= 11 is 0. The van der Waals surface area contributed by atoms with Crippen molar-refractivity contribution in [3.63, 3.8) is 0 Å². The van der Waals surface area contributed by atoms with Gasteiger partial charge in [0.1, 0.15) is 5.76 Å². The van der Waals surface area contributed by atoms with Crippen molar-refractivity contribution in [1.29, 1.82) is 0 Å². The highest BCUT2D eigenvalue weighted by Crippen LogP contribution is 2.24. The van der Waals surface area contributed by atoms with Crippen LogP contribution in [0, 0.1) is 0 Å². The minimum absolute atomic E-state index is 0.101. The maximum atomic E-state index is 11.4. The Morgan fingerprint density at radius 3 is 2.83 bits per heavy atom. The third kappa shape index (κ3) is 3.35. The van der Waals surface area contributed by atoms with Crippen molar-refractivity contribution < 1.29 is 9.21 Å². The molecule has 1 fully saturated rings.